The largest absolute Gasteiger partial charge is 0.382 e. The van der Waals surface area contributed by atoms with Gasteiger partial charge in [0.1, 0.15) is 0 Å². The summed E-state index contributed by atoms with van der Waals surface area (Å²) < 4.78 is 5.34. The van der Waals surface area contributed by atoms with Crippen LogP contribution in [-0.2, 0) is 4.74 Å². The van der Waals surface area contributed by atoms with E-state index in [1.807, 2.05) is 0 Å². The Balaban J connectivity index is 2.39. The molecule has 0 heterocycles. The summed E-state index contributed by atoms with van der Waals surface area (Å²) in [5, 5.41) is 0.385. The highest BCUT2D eigenvalue weighted by molar-refractivity contribution is 6.20. The van der Waals surface area contributed by atoms with E-state index in [-0.39, 0.29) is 0 Å². The van der Waals surface area contributed by atoms with E-state index in [2.05, 4.69) is 13.8 Å². The summed E-state index contributed by atoms with van der Waals surface area (Å²) in [6.07, 6.45) is 8.02. The molecule has 0 aliphatic heterocycles. The number of methoxy groups -OCH3 is 1. The molecule has 0 radical (unpaired) electrons. The Morgan fingerprint density at radius 3 is 2.73 bits per heavy atom. The first-order valence-corrected chi connectivity index (χ1v) is 6.77. The van der Waals surface area contributed by atoms with E-state index in [9.17, 15) is 0 Å². The van der Waals surface area contributed by atoms with Crippen LogP contribution in [0.15, 0.2) is 0 Å². The molecule has 0 aromatic carbocycles. The summed E-state index contributed by atoms with van der Waals surface area (Å²) >= 11 is 6.39. The highest BCUT2D eigenvalue weighted by Gasteiger charge is 2.29. The molecule has 90 valence electrons. The highest BCUT2D eigenvalue weighted by atomic mass is 35.5. The molecule has 0 amide bonds. The molecule has 1 fully saturated rings. The number of hydrogen-bond acceptors (Lipinski definition) is 1. The van der Waals surface area contributed by atoms with Gasteiger partial charge in [-0.3, -0.25) is 0 Å². The topological polar surface area (TPSA) is 9.23 Å². The van der Waals surface area contributed by atoms with Crippen molar-refractivity contribution in [1.29, 1.82) is 0 Å². The second-order valence-electron chi connectivity index (χ2n) is 5.03. The molecule has 0 bridgehead atoms. The standard InChI is InChI=1S/C13H25ClO/c1-4-5-11-6-7-13(14)12(9-11)8-10(2)15-3/h10-13H,4-9H2,1-3H3. The van der Waals surface area contributed by atoms with Crippen molar-refractivity contribution in [2.75, 3.05) is 7.11 Å². The van der Waals surface area contributed by atoms with Gasteiger partial charge in [0, 0.05) is 12.5 Å². The Morgan fingerprint density at radius 2 is 2.13 bits per heavy atom. The van der Waals surface area contributed by atoms with E-state index in [1.165, 1.54) is 32.1 Å². The van der Waals surface area contributed by atoms with Gasteiger partial charge in [-0.05, 0) is 44.4 Å². The fraction of sp³-hybridized carbons (Fsp3) is 1.00. The lowest BCUT2D eigenvalue weighted by molar-refractivity contribution is 0.0821. The minimum Gasteiger partial charge on any atom is -0.382 e. The van der Waals surface area contributed by atoms with Crippen molar-refractivity contribution in [2.24, 2.45) is 11.8 Å². The Labute approximate surface area is 99.5 Å². The highest BCUT2D eigenvalue weighted by Crippen LogP contribution is 2.37. The van der Waals surface area contributed by atoms with E-state index in [1.54, 1.807) is 7.11 Å². The lowest BCUT2D eigenvalue weighted by atomic mass is 9.77. The molecular weight excluding hydrogens is 208 g/mol. The number of halogens is 1. The zero-order chi connectivity index (χ0) is 11.3. The molecule has 15 heavy (non-hydrogen) atoms. The monoisotopic (exact) mass is 232 g/mol. The average molecular weight is 233 g/mol. The summed E-state index contributed by atoms with van der Waals surface area (Å²) in [5.41, 5.74) is 0. The van der Waals surface area contributed by atoms with Crippen LogP contribution in [0.2, 0.25) is 0 Å². The van der Waals surface area contributed by atoms with Gasteiger partial charge >= 0.3 is 0 Å². The van der Waals surface area contributed by atoms with E-state index in [4.69, 9.17) is 16.3 Å². The third kappa shape index (κ3) is 4.32. The predicted molar refractivity (Wildman–Crippen MR) is 66.5 cm³/mol. The van der Waals surface area contributed by atoms with Gasteiger partial charge in [0.25, 0.3) is 0 Å². The summed E-state index contributed by atoms with van der Waals surface area (Å²) in [7, 11) is 1.79. The van der Waals surface area contributed by atoms with Crippen LogP contribution in [0.4, 0.5) is 0 Å². The van der Waals surface area contributed by atoms with Gasteiger partial charge in [0.2, 0.25) is 0 Å². The number of alkyl halides is 1. The van der Waals surface area contributed by atoms with Crippen molar-refractivity contribution in [3.05, 3.63) is 0 Å². The van der Waals surface area contributed by atoms with Gasteiger partial charge in [0.05, 0.1) is 6.10 Å². The molecule has 1 nitrogen and oxygen atoms in total. The molecule has 4 unspecified atom stereocenters. The summed E-state index contributed by atoms with van der Waals surface area (Å²) in [4.78, 5) is 0. The minimum atomic E-state index is 0.358. The molecule has 2 heteroatoms. The van der Waals surface area contributed by atoms with Gasteiger partial charge in [-0.25, -0.2) is 0 Å². The normalized spacial score (nSPS) is 34.0. The average Bonchev–Trinajstić information content (AvgIpc) is 2.23. The molecule has 1 rings (SSSR count). The van der Waals surface area contributed by atoms with Crippen LogP contribution in [-0.4, -0.2) is 18.6 Å². The lowest BCUT2D eigenvalue weighted by Crippen LogP contribution is -2.28. The molecular formula is C13H25ClO. The van der Waals surface area contributed by atoms with Crippen molar-refractivity contribution in [3.8, 4) is 0 Å². The fourth-order valence-electron chi connectivity index (χ4n) is 2.76. The number of rotatable bonds is 5. The third-order valence-corrected chi connectivity index (χ3v) is 4.31. The third-order valence-electron chi connectivity index (χ3n) is 3.73. The van der Waals surface area contributed by atoms with Crippen LogP contribution in [0.25, 0.3) is 0 Å². The van der Waals surface area contributed by atoms with Crippen LogP contribution < -0.4 is 0 Å². The molecule has 0 aromatic rings. The number of ether oxygens (including phenoxy) is 1. The Bertz CT molecular complexity index is 172. The first kappa shape index (κ1) is 13.3. The molecule has 0 saturated heterocycles. The molecule has 0 spiro atoms. The molecule has 1 saturated carbocycles. The summed E-state index contributed by atoms with van der Waals surface area (Å²) in [5.74, 6) is 1.59. The van der Waals surface area contributed by atoms with E-state index >= 15 is 0 Å². The van der Waals surface area contributed by atoms with Gasteiger partial charge in [-0.15, -0.1) is 11.6 Å². The molecule has 1 aliphatic rings. The fourth-order valence-corrected chi connectivity index (χ4v) is 3.09. The quantitative estimate of drug-likeness (QED) is 0.645. The van der Waals surface area contributed by atoms with Gasteiger partial charge in [-0.1, -0.05) is 19.8 Å². The van der Waals surface area contributed by atoms with Crippen LogP contribution >= 0.6 is 11.6 Å². The zero-order valence-electron chi connectivity index (χ0n) is 10.3. The maximum atomic E-state index is 6.39. The maximum absolute atomic E-state index is 6.39. The lowest BCUT2D eigenvalue weighted by Gasteiger charge is -2.34. The van der Waals surface area contributed by atoms with Crippen LogP contribution in [0.3, 0.4) is 0 Å². The zero-order valence-corrected chi connectivity index (χ0v) is 11.1. The van der Waals surface area contributed by atoms with Crippen LogP contribution in [0.5, 0.6) is 0 Å². The van der Waals surface area contributed by atoms with E-state index in [0.29, 0.717) is 17.4 Å². The van der Waals surface area contributed by atoms with Crippen LogP contribution in [0.1, 0.15) is 52.4 Å². The summed E-state index contributed by atoms with van der Waals surface area (Å²) in [6, 6.07) is 0. The van der Waals surface area contributed by atoms with Crippen molar-refractivity contribution < 1.29 is 4.74 Å². The first-order valence-electron chi connectivity index (χ1n) is 6.34. The number of hydrogen-bond donors (Lipinski definition) is 0. The van der Waals surface area contributed by atoms with Crippen molar-refractivity contribution >= 4 is 11.6 Å². The van der Waals surface area contributed by atoms with Crippen molar-refractivity contribution in [2.45, 2.75) is 63.9 Å². The SMILES string of the molecule is CCCC1CCC(Cl)C(CC(C)OC)C1. The smallest absolute Gasteiger partial charge is 0.0546 e. The second-order valence-corrected chi connectivity index (χ2v) is 5.59. The Hall–Kier alpha value is 0.250. The second kappa shape index (κ2) is 6.75. The predicted octanol–water partition coefficient (Wildman–Crippen LogP) is 4.24. The van der Waals surface area contributed by atoms with Gasteiger partial charge < -0.3 is 4.74 Å². The molecule has 4 atom stereocenters. The minimum absolute atomic E-state index is 0.358. The van der Waals surface area contributed by atoms with Crippen molar-refractivity contribution in [3.63, 3.8) is 0 Å². The van der Waals surface area contributed by atoms with Crippen molar-refractivity contribution in [1.82, 2.24) is 0 Å². The Morgan fingerprint density at radius 1 is 1.40 bits per heavy atom. The van der Waals surface area contributed by atoms with Gasteiger partial charge in [0.15, 0.2) is 0 Å². The van der Waals surface area contributed by atoms with Gasteiger partial charge in [-0.2, -0.15) is 0 Å². The van der Waals surface area contributed by atoms with E-state index in [0.717, 1.165) is 12.3 Å². The molecule has 1 aliphatic carbocycles. The molecule has 0 aromatic heterocycles. The Kier molecular flexibility index (Phi) is 5.99. The maximum Gasteiger partial charge on any atom is 0.0546 e. The molecule has 0 N–H and O–H groups in total. The summed E-state index contributed by atoms with van der Waals surface area (Å²) in [6.45, 7) is 4.42. The first-order chi connectivity index (χ1) is 7.17. The van der Waals surface area contributed by atoms with Crippen LogP contribution in [0, 0.1) is 11.8 Å². The van der Waals surface area contributed by atoms with E-state index < -0.39 is 0 Å².